The molecule has 0 aromatic carbocycles. The van der Waals surface area contributed by atoms with Crippen LogP contribution in [0.1, 0.15) is 79.1 Å². The van der Waals surface area contributed by atoms with Crippen LogP contribution in [0.15, 0.2) is 22.8 Å². The van der Waals surface area contributed by atoms with Crippen LogP contribution >= 0.6 is 0 Å². The van der Waals surface area contributed by atoms with E-state index in [4.69, 9.17) is 9.47 Å². The van der Waals surface area contributed by atoms with E-state index >= 15 is 0 Å². The second-order valence-corrected chi connectivity index (χ2v) is 8.87. The summed E-state index contributed by atoms with van der Waals surface area (Å²) >= 11 is 0. The summed E-state index contributed by atoms with van der Waals surface area (Å²) in [5.74, 6) is 3.32. The Morgan fingerprint density at radius 3 is 2.50 bits per heavy atom. The second kappa shape index (κ2) is 8.74. The van der Waals surface area contributed by atoms with Crippen LogP contribution in [0, 0.1) is 29.6 Å². The lowest BCUT2D eigenvalue weighted by molar-refractivity contribution is -0.164. The molecule has 4 aliphatic carbocycles. The topological polar surface area (TPSA) is 38.7 Å². The first-order valence-electron chi connectivity index (χ1n) is 11.3. The Labute approximate surface area is 171 Å². The third-order valence-electron chi connectivity index (χ3n) is 7.59. The van der Waals surface area contributed by atoms with Crippen molar-refractivity contribution in [1.29, 1.82) is 0 Å². The summed E-state index contributed by atoms with van der Waals surface area (Å²) in [4.78, 5) is 0. The molecule has 156 valence electrons. The molecule has 1 aliphatic heterocycles. The maximum atomic E-state index is 10.5. The van der Waals surface area contributed by atoms with Gasteiger partial charge in [-0.3, -0.25) is 0 Å². The Bertz CT molecular complexity index is 662. The summed E-state index contributed by atoms with van der Waals surface area (Å²) < 4.78 is 11.9. The van der Waals surface area contributed by atoms with Gasteiger partial charge in [-0.25, -0.2) is 0 Å². The molecular formula is C25H38O3. The predicted molar refractivity (Wildman–Crippen MR) is 114 cm³/mol. The van der Waals surface area contributed by atoms with E-state index in [-0.39, 0.29) is 17.3 Å². The molecule has 1 heterocycles. The summed E-state index contributed by atoms with van der Waals surface area (Å²) in [5.41, 5.74) is 4.99. The van der Waals surface area contributed by atoms with Crippen molar-refractivity contribution in [2.75, 3.05) is 13.2 Å². The Balaban J connectivity index is 0.000000414. The van der Waals surface area contributed by atoms with Gasteiger partial charge in [-0.15, -0.1) is 12.3 Å². The van der Waals surface area contributed by atoms with Crippen molar-refractivity contribution in [2.45, 2.75) is 91.0 Å². The number of aliphatic hydroxyl groups is 1. The zero-order valence-electron chi connectivity index (χ0n) is 18.2. The van der Waals surface area contributed by atoms with Gasteiger partial charge < -0.3 is 14.6 Å². The molecule has 5 rings (SSSR count). The first-order chi connectivity index (χ1) is 13.5. The van der Waals surface area contributed by atoms with Crippen LogP contribution in [0.2, 0.25) is 0 Å². The largest absolute Gasteiger partial charge is 0.393 e. The van der Waals surface area contributed by atoms with Crippen molar-refractivity contribution in [2.24, 2.45) is 17.3 Å². The SMILES string of the molecule is C#CC.CC.CC12CC=C3C4=C(CCC3C1CCC2O)CC1(CC4)OCCO1. The fraction of sp³-hybridized carbons (Fsp3) is 0.760. The molecular weight excluding hydrogens is 348 g/mol. The Morgan fingerprint density at radius 2 is 1.82 bits per heavy atom. The van der Waals surface area contributed by atoms with Gasteiger partial charge in [0.2, 0.25) is 0 Å². The molecule has 5 aliphatic rings. The van der Waals surface area contributed by atoms with Gasteiger partial charge >= 0.3 is 0 Å². The van der Waals surface area contributed by atoms with E-state index < -0.39 is 0 Å². The van der Waals surface area contributed by atoms with Crippen molar-refractivity contribution >= 4 is 0 Å². The van der Waals surface area contributed by atoms with Gasteiger partial charge in [0.15, 0.2) is 5.79 Å². The van der Waals surface area contributed by atoms with Crippen LogP contribution in [-0.2, 0) is 9.47 Å². The molecule has 1 spiro atoms. The monoisotopic (exact) mass is 386 g/mol. The zero-order chi connectivity index (χ0) is 20.4. The number of allylic oxidation sites excluding steroid dienone is 3. The summed E-state index contributed by atoms with van der Waals surface area (Å²) in [5, 5.41) is 10.5. The average Bonchev–Trinajstić information content (AvgIpc) is 3.28. The Morgan fingerprint density at radius 1 is 1.14 bits per heavy atom. The van der Waals surface area contributed by atoms with Crippen LogP contribution in [0.3, 0.4) is 0 Å². The van der Waals surface area contributed by atoms with Gasteiger partial charge in [0.25, 0.3) is 0 Å². The van der Waals surface area contributed by atoms with E-state index in [0.717, 1.165) is 45.3 Å². The van der Waals surface area contributed by atoms with Crippen molar-refractivity contribution in [3.63, 3.8) is 0 Å². The molecule has 0 bridgehead atoms. The maximum Gasteiger partial charge on any atom is 0.172 e. The molecule has 3 heteroatoms. The summed E-state index contributed by atoms with van der Waals surface area (Å²) in [6.45, 7) is 9.49. The van der Waals surface area contributed by atoms with Crippen molar-refractivity contribution < 1.29 is 14.6 Å². The molecule has 1 saturated carbocycles. The van der Waals surface area contributed by atoms with E-state index in [9.17, 15) is 5.11 Å². The standard InChI is InChI=1S/C20H28O3.C3H4.C2H6/c1-19-8-6-15-14-7-9-20(22-10-11-23-20)12-13(14)2-3-16(15)17(19)4-5-18(19)21;1-3-2;1-2/h6,16-18,21H,2-5,7-12H2,1H3;1H,2H3;1-2H3. The molecule has 0 aromatic heterocycles. The Kier molecular flexibility index (Phi) is 6.75. The lowest BCUT2D eigenvalue weighted by atomic mass is 9.58. The van der Waals surface area contributed by atoms with Crippen LogP contribution < -0.4 is 0 Å². The number of hydrogen-bond acceptors (Lipinski definition) is 3. The highest BCUT2D eigenvalue weighted by Gasteiger charge is 2.53. The van der Waals surface area contributed by atoms with Gasteiger partial charge in [-0.1, -0.05) is 32.4 Å². The zero-order valence-corrected chi connectivity index (χ0v) is 18.2. The third kappa shape index (κ3) is 3.60. The fourth-order valence-electron chi connectivity index (χ4n) is 6.27. The van der Waals surface area contributed by atoms with E-state index in [1.54, 1.807) is 23.6 Å². The second-order valence-electron chi connectivity index (χ2n) is 8.87. The van der Waals surface area contributed by atoms with Gasteiger partial charge in [-0.05, 0) is 68.4 Å². The average molecular weight is 387 g/mol. The van der Waals surface area contributed by atoms with Gasteiger partial charge in [0.1, 0.15) is 0 Å². The molecule has 4 atom stereocenters. The summed E-state index contributed by atoms with van der Waals surface area (Å²) in [6.07, 6.45) is 15.8. The molecule has 0 amide bonds. The van der Waals surface area contributed by atoms with E-state index in [2.05, 4.69) is 25.3 Å². The number of terminal acetylenes is 1. The van der Waals surface area contributed by atoms with Crippen molar-refractivity contribution in [3.05, 3.63) is 22.8 Å². The molecule has 1 saturated heterocycles. The lowest BCUT2D eigenvalue weighted by Crippen LogP contribution is -2.42. The quantitative estimate of drug-likeness (QED) is 0.567. The molecule has 1 N–H and O–H groups in total. The minimum absolute atomic E-state index is 0.101. The number of fused-ring (bicyclic) bond motifs is 4. The van der Waals surface area contributed by atoms with Crippen LogP contribution in [0.4, 0.5) is 0 Å². The summed E-state index contributed by atoms with van der Waals surface area (Å²) in [7, 11) is 0. The van der Waals surface area contributed by atoms with Crippen LogP contribution in [-0.4, -0.2) is 30.2 Å². The van der Waals surface area contributed by atoms with Crippen molar-refractivity contribution in [3.8, 4) is 12.3 Å². The number of ether oxygens (including phenoxy) is 2. The van der Waals surface area contributed by atoms with Crippen LogP contribution in [0.5, 0.6) is 0 Å². The molecule has 0 aromatic rings. The maximum absolute atomic E-state index is 10.5. The molecule has 3 nitrogen and oxygen atoms in total. The smallest absolute Gasteiger partial charge is 0.172 e. The van der Waals surface area contributed by atoms with Crippen molar-refractivity contribution in [1.82, 2.24) is 0 Å². The first kappa shape index (κ1) is 21.6. The van der Waals surface area contributed by atoms with Gasteiger partial charge in [-0.2, -0.15) is 0 Å². The fourth-order valence-corrected chi connectivity index (χ4v) is 6.27. The van der Waals surface area contributed by atoms with Gasteiger partial charge in [0, 0.05) is 18.3 Å². The van der Waals surface area contributed by atoms with E-state index in [1.807, 2.05) is 13.8 Å². The molecule has 28 heavy (non-hydrogen) atoms. The minimum atomic E-state index is -0.293. The number of hydrogen-bond donors (Lipinski definition) is 1. The molecule has 2 fully saturated rings. The highest BCUT2D eigenvalue weighted by Crippen LogP contribution is 2.59. The van der Waals surface area contributed by atoms with E-state index in [0.29, 0.717) is 11.8 Å². The first-order valence-corrected chi connectivity index (χ1v) is 11.3. The van der Waals surface area contributed by atoms with Gasteiger partial charge in [0.05, 0.1) is 19.3 Å². The normalized spacial score (nSPS) is 37.3. The highest BCUT2D eigenvalue weighted by molar-refractivity contribution is 5.44. The number of aliphatic hydroxyl groups excluding tert-OH is 1. The third-order valence-corrected chi connectivity index (χ3v) is 7.59. The summed E-state index contributed by atoms with van der Waals surface area (Å²) in [6, 6.07) is 0. The highest BCUT2D eigenvalue weighted by atomic mass is 16.7. The Hall–Kier alpha value is -1.08. The minimum Gasteiger partial charge on any atom is -0.393 e. The predicted octanol–water partition coefficient (Wildman–Crippen LogP) is 5.39. The van der Waals surface area contributed by atoms with Crippen LogP contribution in [0.25, 0.3) is 0 Å². The van der Waals surface area contributed by atoms with E-state index in [1.165, 1.54) is 19.3 Å². The number of rotatable bonds is 0. The molecule has 4 unspecified atom stereocenters. The molecule has 0 radical (unpaired) electrons. The lowest BCUT2D eigenvalue weighted by Gasteiger charge is -2.48.